The van der Waals surface area contributed by atoms with Gasteiger partial charge in [0.2, 0.25) is 0 Å². The van der Waals surface area contributed by atoms with Gasteiger partial charge in [-0.2, -0.15) is 0 Å². The van der Waals surface area contributed by atoms with Crippen LogP contribution in [0.3, 0.4) is 0 Å². The molecule has 0 bridgehead atoms. The quantitative estimate of drug-likeness (QED) is 0.657. The number of carboxylic acid groups (broad SMARTS) is 1. The third-order valence-corrected chi connectivity index (χ3v) is 6.60. The lowest BCUT2D eigenvalue weighted by molar-refractivity contribution is -0.155. The molecule has 8 nitrogen and oxygen atoms in total. The van der Waals surface area contributed by atoms with E-state index in [-0.39, 0.29) is 17.0 Å². The number of aliphatic carboxylic acids is 1. The summed E-state index contributed by atoms with van der Waals surface area (Å²) >= 11 is 1.47. The number of hydrogen-bond acceptors (Lipinski definition) is 6. The van der Waals surface area contributed by atoms with Crippen LogP contribution in [0.25, 0.3) is 6.08 Å². The van der Waals surface area contributed by atoms with Crippen molar-refractivity contribution >= 4 is 35.4 Å². The highest BCUT2D eigenvalue weighted by Gasteiger charge is 2.56. The second-order valence-corrected chi connectivity index (χ2v) is 11.2. The fourth-order valence-corrected chi connectivity index (χ4v) is 4.90. The van der Waals surface area contributed by atoms with Gasteiger partial charge in [-0.15, -0.1) is 11.3 Å². The van der Waals surface area contributed by atoms with Crippen LogP contribution >= 0.6 is 11.3 Å². The van der Waals surface area contributed by atoms with Crippen LogP contribution in [0.2, 0.25) is 0 Å². The molecule has 0 spiro atoms. The topological polar surface area (TPSA) is 109 Å². The van der Waals surface area contributed by atoms with E-state index in [1.165, 1.54) is 16.2 Å². The molecule has 2 amide bonds. The van der Waals surface area contributed by atoms with Crippen molar-refractivity contribution in [3.8, 4) is 0 Å². The minimum Gasteiger partial charge on any atom is -0.477 e. The number of nitrogens with one attached hydrogen (secondary N) is 1. The third kappa shape index (κ3) is 4.72. The number of carboxylic acids is 1. The largest absolute Gasteiger partial charge is 0.477 e. The summed E-state index contributed by atoms with van der Waals surface area (Å²) in [6, 6.07) is -1.24. The van der Waals surface area contributed by atoms with Crippen LogP contribution in [-0.2, 0) is 14.3 Å². The van der Waals surface area contributed by atoms with Gasteiger partial charge in [-0.1, -0.05) is 26.8 Å². The second kappa shape index (κ2) is 8.35. The van der Waals surface area contributed by atoms with Gasteiger partial charge in [-0.3, -0.25) is 9.69 Å². The zero-order chi connectivity index (χ0) is 24.0. The van der Waals surface area contributed by atoms with Gasteiger partial charge in [0.05, 0.1) is 17.2 Å². The Kier molecular flexibility index (Phi) is 6.25. The van der Waals surface area contributed by atoms with Gasteiger partial charge in [-0.05, 0) is 57.1 Å². The number of allylic oxidation sites excluding steroid dienone is 2. The Morgan fingerprint density at radius 3 is 2.41 bits per heavy atom. The van der Waals surface area contributed by atoms with Crippen molar-refractivity contribution in [3.63, 3.8) is 0 Å². The summed E-state index contributed by atoms with van der Waals surface area (Å²) in [5, 5.41) is 12.7. The van der Waals surface area contributed by atoms with E-state index < -0.39 is 35.7 Å². The minimum atomic E-state index is -1.16. The number of carbonyl (C=O) groups is 3. The maximum absolute atomic E-state index is 12.9. The average Bonchev–Trinajstić information content (AvgIpc) is 3.05. The minimum absolute atomic E-state index is 0.0215. The summed E-state index contributed by atoms with van der Waals surface area (Å²) in [7, 11) is 0. The molecule has 2 aliphatic heterocycles. The van der Waals surface area contributed by atoms with Crippen LogP contribution in [-0.4, -0.2) is 50.6 Å². The van der Waals surface area contributed by atoms with E-state index >= 15 is 0 Å². The number of aryl methyl sites for hydroxylation is 1. The van der Waals surface area contributed by atoms with Gasteiger partial charge in [0, 0.05) is 4.88 Å². The lowest BCUT2D eigenvalue weighted by Crippen LogP contribution is -2.72. The van der Waals surface area contributed by atoms with Crippen LogP contribution in [0.4, 0.5) is 4.79 Å². The Bertz CT molecular complexity index is 996. The molecule has 2 N–H and O–H groups in total. The normalized spacial score (nSPS) is 23.8. The van der Waals surface area contributed by atoms with Gasteiger partial charge in [0.1, 0.15) is 17.3 Å². The molecule has 1 fully saturated rings. The highest BCUT2D eigenvalue weighted by atomic mass is 32.1. The Balaban J connectivity index is 1.98. The van der Waals surface area contributed by atoms with Crippen LogP contribution in [0.1, 0.15) is 58.5 Å². The van der Waals surface area contributed by atoms with E-state index in [9.17, 15) is 19.5 Å². The third-order valence-electron chi connectivity index (χ3n) is 5.70. The lowest BCUT2D eigenvalue weighted by atomic mass is 9.67. The molecule has 3 heterocycles. The van der Waals surface area contributed by atoms with Crippen LogP contribution in [0, 0.1) is 18.3 Å². The average molecular weight is 462 g/mol. The summed E-state index contributed by atoms with van der Waals surface area (Å²) in [5.74, 6) is -1.73. The van der Waals surface area contributed by atoms with Crippen LogP contribution in [0.15, 0.2) is 22.9 Å². The fourth-order valence-electron chi connectivity index (χ4n) is 4.21. The maximum atomic E-state index is 12.9. The van der Waals surface area contributed by atoms with E-state index in [1.807, 2.05) is 13.0 Å². The number of β-lactam (4-membered cyclic amide) rings is 1. The Morgan fingerprint density at radius 2 is 1.91 bits per heavy atom. The molecule has 1 saturated heterocycles. The van der Waals surface area contributed by atoms with Crippen molar-refractivity contribution in [3.05, 3.63) is 33.4 Å². The molecule has 0 radical (unpaired) electrons. The fraction of sp³-hybridized carbons (Fsp3) is 0.565. The second-order valence-electron chi connectivity index (χ2n) is 10.3. The zero-order valence-corrected chi connectivity index (χ0v) is 20.4. The Hall–Kier alpha value is -2.68. The molecule has 32 heavy (non-hydrogen) atoms. The first-order valence-corrected chi connectivity index (χ1v) is 11.5. The number of rotatable bonds is 4. The number of amides is 2. The molecular formula is C23H31N3O5S. The van der Waals surface area contributed by atoms with E-state index in [0.717, 1.165) is 10.6 Å². The van der Waals surface area contributed by atoms with Crippen molar-refractivity contribution in [2.24, 2.45) is 11.3 Å². The summed E-state index contributed by atoms with van der Waals surface area (Å²) < 4.78 is 5.29. The Labute approximate surface area is 192 Å². The van der Waals surface area contributed by atoms with Crippen molar-refractivity contribution in [1.29, 1.82) is 0 Å². The molecule has 9 heteroatoms. The van der Waals surface area contributed by atoms with Crippen molar-refractivity contribution in [1.82, 2.24) is 15.2 Å². The van der Waals surface area contributed by atoms with Gasteiger partial charge in [0.15, 0.2) is 0 Å². The number of thiazole rings is 1. The molecule has 1 unspecified atom stereocenters. The molecule has 0 saturated carbocycles. The SMILES string of the molecule is Cc1ncsc1C=CC1=C(C(=O)O)N2C(=O)[C@@H](NC(=O)OC(C)(C)C)[C@H]2CC1C(C)(C)C. The smallest absolute Gasteiger partial charge is 0.408 e. The predicted octanol–water partition coefficient (Wildman–Crippen LogP) is 3.97. The van der Waals surface area contributed by atoms with E-state index in [2.05, 4.69) is 31.1 Å². The molecule has 3 rings (SSSR count). The molecule has 174 valence electrons. The molecule has 3 atom stereocenters. The van der Waals surface area contributed by atoms with Gasteiger partial charge in [0.25, 0.3) is 5.91 Å². The monoisotopic (exact) mass is 461 g/mol. The number of alkyl carbamates (subject to hydrolysis) is 1. The van der Waals surface area contributed by atoms with E-state index in [1.54, 1.807) is 32.4 Å². The number of ether oxygens (including phenoxy) is 1. The molecule has 0 aliphatic carbocycles. The predicted molar refractivity (Wildman–Crippen MR) is 122 cm³/mol. The van der Waals surface area contributed by atoms with Gasteiger partial charge >= 0.3 is 12.1 Å². The number of hydrogen-bond donors (Lipinski definition) is 2. The zero-order valence-electron chi connectivity index (χ0n) is 19.6. The van der Waals surface area contributed by atoms with Crippen LogP contribution in [0.5, 0.6) is 0 Å². The van der Waals surface area contributed by atoms with Crippen LogP contribution < -0.4 is 5.32 Å². The maximum Gasteiger partial charge on any atom is 0.408 e. The number of nitrogens with zero attached hydrogens (tertiary/aromatic N) is 2. The summed E-state index contributed by atoms with van der Waals surface area (Å²) in [4.78, 5) is 44.0. The van der Waals surface area contributed by atoms with E-state index in [4.69, 9.17) is 4.74 Å². The first kappa shape index (κ1) is 24.0. The highest BCUT2D eigenvalue weighted by molar-refractivity contribution is 7.10. The number of aromatic nitrogens is 1. The van der Waals surface area contributed by atoms with E-state index in [0.29, 0.717) is 12.0 Å². The molecule has 0 aromatic carbocycles. The molecular weight excluding hydrogens is 430 g/mol. The van der Waals surface area contributed by atoms with Crippen molar-refractivity contribution in [2.45, 2.75) is 72.6 Å². The number of carbonyl (C=O) groups excluding carboxylic acids is 2. The molecule has 1 aromatic rings. The van der Waals surface area contributed by atoms with Crippen molar-refractivity contribution < 1.29 is 24.2 Å². The first-order chi connectivity index (χ1) is 14.7. The lowest BCUT2D eigenvalue weighted by Gasteiger charge is -2.53. The molecule has 1 aromatic heterocycles. The van der Waals surface area contributed by atoms with Crippen molar-refractivity contribution in [2.75, 3.05) is 0 Å². The van der Waals surface area contributed by atoms with Gasteiger partial charge in [-0.25, -0.2) is 14.6 Å². The van der Waals surface area contributed by atoms with Gasteiger partial charge < -0.3 is 15.2 Å². The summed E-state index contributed by atoms with van der Waals surface area (Å²) in [6.45, 7) is 13.3. The summed E-state index contributed by atoms with van der Waals surface area (Å²) in [6.07, 6.45) is 3.52. The number of fused-ring (bicyclic) bond motifs is 1. The molecule has 2 aliphatic rings. The first-order valence-electron chi connectivity index (χ1n) is 10.6. The summed E-state index contributed by atoms with van der Waals surface area (Å²) in [5.41, 5.74) is 2.24. The highest BCUT2D eigenvalue weighted by Crippen LogP contribution is 2.47. The Morgan fingerprint density at radius 1 is 1.25 bits per heavy atom. The standard InChI is InChI=1S/C23H31N3O5S/c1-12-16(32-11-24-12)9-8-13-14(22(2,3)4)10-15-17(25-21(30)31-23(5,6)7)19(27)26(15)18(13)20(28)29/h8-9,11,14-15,17H,10H2,1-7H3,(H,25,30)(H,28,29)/t14?,15-,17+/m1/s1.